The minimum absolute atomic E-state index is 0.0806. The molecule has 1 saturated heterocycles. The largest absolute Gasteiger partial charge is 0.464 e. The average molecular weight is 637 g/mol. The van der Waals surface area contributed by atoms with E-state index in [-0.39, 0.29) is 31.1 Å². The molecule has 1 aliphatic heterocycles. The highest BCUT2D eigenvalue weighted by molar-refractivity contribution is 7.92. The second kappa shape index (κ2) is 15.4. The van der Waals surface area contributed by atoms with Crippen LogP contribution in [-0.4, -0.2) is 69.0 Å². The van der Waals surface area contributed by atoms with Crippen molar-refractivity contribution in [2.24, 2.45) is 11.8 Å². The molecule has 0 bridgehead atoms. The Kier molecular flexibility index (Phi) is 12.3. The van der Waals surface area contributed by atoms with E-state index in [1.54, 1.807) is 74.5 Å². The van der Waals surface area contributed by atoms with Gasteiger partial charge in [0.05, 0.1) is 35.5 Å². The molecular weight excluding hydrogens is 601 g/mol. The number of thiol groups is 2. The molecule has 6 atom stereocenters. The van der Waals surface area contributed by atoms with Crippen molar-refractivity contribution in [3.05, 3.63) is 71.8 Å². The standard InChI is InChI=1S/C29H36N2O8S3/c1-3-38-28(34)22(16-40)30-26(32)20-15-21(27(33)31-23(17-41)29(35)39-4-2)25(19-13-9-6-10-14-19)42(36,37)24(20)18-11-7-5-8-12-18/h5-14,20-25,40-41H,3-4,15-17H2,1-2H3,(H,30,32)(H,31,33). The lowest BCUT2D eigenvalue weighted by Gasteiger charge is -2.40. The predicted octanol–water partition coefficient (Wildman–Crippen LogP) is 2.48. The van der Waals surface area contributed by atoms with E-state index in [0.717, 1.165) is 0 Å². The summed E-state index contributed by atoms with van der Waals surface area (Å²) in [5, 5.41) is 2.51. The van der Waals surface area contributed by atoms with E-state index in [1.165, 1.54) is 0 Å². The third kappa shape index (κ3) is 7.67. The molecule has 42 heavy (non-hydrogen) atoms. The van der Waals surface area contributed by atoms with Gasteiger partial charge in [0.15, 0.2) is 9.84 Å². The van der Waals surface area contributed by atoms with Crippen molar-refractivity contribution in [3.8, 4) is 0 Å². The minimum atomic E-state index is -4.30. The van der Waals surface area contributed by atoms with Gasteiger partial charge in [-0.2, -0.15) is 25.3 Å². The van der Waals surface area contributed by atoms with E-state index >= 15 is 0 Å². The van der Waals surface area contributed by atoms with Crippen LogP contribution < -0.4 is 10.6 Å². The van der Waals surface area contributed by atoms with E-state index in [0.29, 0.717) is 11.1 Å². The first-order chi connectivity index (χ1) is 20.1. The monoisotopic (exact) mass is 636 g/mol. The highest BCUT2D eigenvalue weighted by Gasteiger charge is 2.54. The summed E-state index contributed by atoms with van der Waals surface area (Å²) in [6, 6.07) is 14.3. The van der Waals surface area contributed by atoms with E-state index in [2.05, 4.69) is 35.9 Å². The lowest BCUT2D eigenvalue weighted by atomic mass is 9.83. The molecule has 6 unspecified atom stereocenters. The zero-order chi connectivity index (χ0) is 30.9. The van der Waals surface area contributed by atoms with Crippen molar-refractivity contribution >= 4 is 58.8 Å². The first-order valence-electron chi connectivity index (χ1n) is 13.6. The molecule has 1 heterocycles. The Balaban J connectivity index is 2.12. The molecular formula is C29H36N2O8S3. The number of nitrogens with one attached hydrogen (secondary N) is 2. The second-order valence-electron chi connectivity index (χ2n) is 9.69. The SMILES string of the molecule is CCOC(=O)C(CS)NC(=O)C1CC(C(=O)NC(CS)C(=O)OCC)C(c2ccccc2)S(=O)(=O)C1c1ccccc1. The molecule has 0 radical (unpaired) electrons. The lowest BCUT2D eigenvalue weighted by Crippen LogP contribution is -2.53. The van der Waals surface area contributed by atoms with Gasteiger partial charge < -0.3 is 20.1 Å². The number of carbonyl (C=O) groups is 4. The molecule has 0 aromatic heterocycles. The topological polar surface area (TPSA) is 145 Å². The van der Waals surface area contributed by atoms with Gasteiger partial charge in [0.1, 0.15) is 12.1 Å². The minimum Gasteiger partial charge on any atom is -0.464 e. The van der Waals surface area contributed by atoms with Crippen molar-refractivity contribution in [1.29, 1.82) is 0 Å². The molecule has 2 amide bonds. The number of hydrogen-bond acceptors (Lipinski definition) is 10. The number of hydrogen-bond donors (Lipinski definition) is 4. The van der Waals surface area contributed by atoms with Gasteiger partial charge in [-0.05, 0) is 31.4 Å². The summed E-state index contributed by atoms with van der Waals surface area (Å²) in [6.45, 7) is 3.40. The summed E-state index contributed by atoms with van der Waals surface area (Å²) in [5.41, 5.74) is 0.742. The van der Waals surface area contributed by atoms with Crippen LogP contribution in [0.2, 0.25) is 0 Å². The van der Waals surface area contributed by atoms with Crippen LogP contribution in [-0.2, 0) is 38.5 Å². The van der Waals surface area contributed by atoms with Crippen LogP contribution in [0.4, 0.5) is 0 Å². The molecule has 2 aromatic rings. The molecule has 0 aliphatic carbocycles. The molecule has 0 saturated carbocycles. The van der Waals surface area contributed by atoms with E-state index in [9.17, 15) is 27.6 Å². The van der Waals surface area contributed by atoms with Gasteiger partial charge in [-0.15, -0.1) is 0 Å². The van der Waals surface area contributed by atoms with Crippen LogP contribution in [0.3, 0.4) is 0 Å². The Bertz CT molecular complexity index is 1250. The van der Waals surface area contributed by atoms with Gasteiger partial charge in [-0.1, -0.05) is 60.7 Å². The van der Waals surface area contributed by atoms with E-state index in [4.69, 9.17) is 9.47 Å². The summed E-state index contributed by atoms with van der Waals surface area (Å²) >= 11 is 8.32. The van der Waals surface area contributed by atoms with Crippen LogP contribution >= 0.6 is 25.3 Å². The molecule has 1 fully saturated rings. The first-order valence-corrected chi connectivity index (χ1v) is 16.5. The van der Waals surface area contributed by atoms with Crippen LogP contribution in [0, 0.1) is 11.8 Å². The molecule has 2 N–H and O–H groups in total. The third-order valence-electron chi connectivity index (χ3n) is 7.02. The van der Waals surface area contributed by atoms with E-state index in [1.807, 2.05) is 0 Å². The third-order valence-corrected chi connectivity index (χ3v) is 10.4. The molecule has 228 valence electrons. The second-order valence-corrected chi connectivity index (χ2v) is 12.6. The number of ether oxygens (including phenoxy) is 2. The number of amides is 2. The Morgan fingerprint density at radius 1 is 0.738 bits per heavy atom. The van der Waals surface area contributed by atoms with Gasteiger partial charge in [-0.3, -0.25) is 9.59 Å². The van der Waals surface area contributed by atoms with Crippen molar-refractivity contribution < 1.29 is 37.1 Å². The summed E-state index contributed by atoms with van der Waals surface area (Å²) in [7, 11) is -4.30. The average Bonchev–Trinajstić information content (AvgIpc) is 2.98. The fourth-order valence-electron chi connectivity index (χ4n) is 5.16. The summed E-state index contributed by atoms with van der Waals surface area (Å²) in [5.74, 6) is -5.58. The lowest BCUT2D eigenvalue weighted by molar-refractivity contribution is -0.147. The molecule has 2 aromatic carbocycles. The van der Waals surface area contributed by atoms with Crippen molar-refractivity contribution in [3.63, 3.8) is 0 Å². The summed E-state index contributed by atoms with van der Waals surface area (Å²) in [4.78, 5) is 52.5. The highest BCUT2D eigenvalue weighted by Crippen LogP contribution is 2.51. The predicted molar refractivity (Wildman–Crippen MR) is 164 cm³/mol. The van der Waals surface area contributed by atoms with Gasteiger partial charge in [0.25, 0.3) is 0 Å². The van der Waals surface area contributed by atoms with Gasteiger partial charge in [-0.25, -0.2) is 18.0 Å². The maximum atomic E-state index is 14.6. The maximum absolute atomic E-state index is 14.6. The normalized spacial score (nSPS) is 22.7. The Hall–Kier alpha value is -3.03. The van der Waals surface area contributed by atoms with Crippen molar-refractivity contribution in [2.75, 3.05) is 24.7 Å². The smallest absolute Gasteiger partial charge is 0.329 e. The van der Waals surface area contributed by atoms with Gasteiger partial charge in [0, 0.05) is 11.5 Å². The quantitative estimate of drug-likeness (QED) is 0.206. The van der Waals surface area contributed by atoms with Gasteiger partial charge in [0.2, 0.25) is 11.8 Å². The number of rotatable bonds is 12. The molecule has 0 spiro atoms. The fraction of sp³-hybridized carbons (Fsp3) is 0.448. The number of esters is 2. The maximum Gasteiger partial charge on any atom is 0.329 e. The highest BCUT2D eigenvalue weighted by atomic mass is 32.2. The van der Waals surface area contributed by atoms with Crippen LogP contribution in [0.25, 0.3) is 0 Å². The van der Waals surface area contributed by atoms with Crippen LogP contribution in [0.5, 0.6) is 0 Å². The molecule has 10 nitrogen and oxygen atoms in total. The van der Waals surface area contributed by atoms with E-state index < -0.39 is 68.0 Å². The van der Waals surface area contributed by atoms with Crippen LogP contribution in [0.1, 0.15) is 41.9 Å². The number of carbonyl (C=O) groups excluding carboxylic acids is 4. The van der Waals surface area contributed by atoms with Crippen molar-refractivity contribution in [2.45, 2.75) is 42.9 Å². The molecule has 13 heteroatoms. The summed E-state index contributed by atoms with van der Waals surface area (Å²) in [6.07, 6.45) is -0.194. The Morgan fingerprint density at radius 2 is 1.10 bits per heavy atom. The van der Waals surface area contributed by atoms with Gasteiger partial charge >= 0.3 is 11.9 Å². The fourth-order valence-corrected chi connectivity index (χ4v) is 8.41. The first kappa shape index (κ1) is 33.5. The van der Waals surface area contributed by atoms with Crippen molar-refractivity contribution in [1.82, 2.24) is 10.6 Å². The zero-order valence-corrected chi connectivity index (χ0v) is 25.9. The number of sulfone groups is 1. The zero-order valence-electron chi connectivity index (χ0n) is 23.3. The Labute approximate surface area is 257 Å². The number of benzene rings is 2. The van der Waals surface area contributed by atoms with Crippen LogP contribution in [0.15, 0.2) is 60.7 Å². The summed E-state index contributed by atoms with van der Waals surface area (Å²) < 4.78 is 39.2. The molecule has 1 aliphatic rings. The Morgan fingerprint density at radius 3 is 1.40 bits per heavy atom. The molecule has 3 rings (SSSR count).